The normalized spacial score (nSPS) is 20.8. The molecular formula is C21H23FN6O2. The molecule has 0 bridgehead atoms. The van der Waals surface area contributed by atoms with Gasteiger partial charge in [0.2, 0.25) is 5.91 Å². The number of ether oxygens (including phenoxy) is 1. The van der Waals surface area contributed by atoms with Crippen LogP contribution in [0, 0.1) is 11.7 Å². The fourth-order valence-corrected chi connectivity index (χ4v) is 4.44. The highest BCUT2D eigenvalue weighted by Gasteiger charge is 2.42. The molecule has 4 rings (SSSR count). The van der Waals surface area contributed by atoms with E-state index in [-0.39, 0.29) is 29.6 Å². The van der Waals surface area contributed by atoms with Gasteiger partial charge in [-0.05, 0) is 59.2 Å². The Labute approximate surface area is 173 Å². The van der Waals surface area contributed by atoms with Crippen molar-refractivity contribution in [2.75, 3.05) is 19.1 Å². The molecule has 8 nitrogen and oxygen atoms in total. The Bertz CT molecular complexity index is 1020. The Kier molecular flexibility index (Phi) is 5.35. The molecule has 3 N–H and O–H groups in total. The number of likely N-dealkylation sites (N-methyl/N-ethyl adjacent to an activating group) is 1. The number of aromatic nitrogens is 4. The molecule has 1 aliphatic rings. The number of primary amides is 1. The lowest BCUT2D eigenvalue weighted by Crippen LogP contribution is -2.37. The maximum atomic E-state index is 13.5. The number of halogens is 1. The van der Waals surface area contributed by atoms with E-state index in [0.717, 1.165) is 23.2 Å². The maximum absolute atomic E-state index is 13.5. The van der Waals surface area contributed by atoms with Gasteiger partial charge in [-0.15, -0.1) is 5.10 Å². The number of tetrazole rings is 1. The van der Waals surface area contributed by atoms with Crippen molar-refractivity contribution in [2.45, 2.75) is 24.8 Å². The van der Waals surface area contributed by atoms with Crippen LogP contribution in [0.1, 0.15) is 24.3 Å². The Morgan fingerprint density at radius 3 is 2.63 bits per heavy atom. The number of anilines is 1. The van der Waals surface area contributed by atoms with E-state index in [9.17, 15) is 9.18 Å². The zero-order valence-electron chi connectivity index (χ0n) is 16.7. The van der Waals surface area contributed by atoms with Gasteiger partial charge in [0.15, 0.2) is 5.82 Å². The number of nitrogens with zero attached hydrogens (tertiary/aromatic N) is 4. The smallest absolute Gasteiger partial charge is 0.221 e. The van der Waals surface area contributed by atoms with Crippen molar-refractivity contribution < 1.29 is 13.9 Å². The van der Waals surface area contributed by atoms with E-state index < -0.39 is 0 Å². The monoisotopic (exact) mass is 410 g/mol. The summed E-state index contributed by atoms with van der Waals surface area (Å²) in [4.78, 5) is 14.3. The lowest BCUT2D eigenvalue weighted by molar-refractivity contribution is -0.122. The predicted octanol–water partition coefficient (Wildman–Crippen LogP) is 2.50. The summed E-state index contributed by atoms with van der Waals surface area (Å²) in [6, 6.07) is 12.0. The number of amides is 1. The molecular weight excluding hydrogens is 387 g/mol. The molecule has 1 aliphatic carbocycles. The number of nitrogens with two attached hydrogens (primary N) is 1. The summed E-state index contributed by atoms with van der Waals surface area (Å²) < 4.78 is 19.1. The van der Waals surface area contributed by atoms with Crippen molar-refractivity contribution in [1.29, 1.82) is 0 Å². The third-order valence-corrected chi connectivity index (χ3v) is 5.92. The van der Waals surface area contributed by atoms with Crippen molar-refractivity contribution in [2.24, 2.45) is 11.7 Å². The van der Waals surface area contributed by atoms with Crippen molar-refractivity contribution in [3.05, 3.63) is 53.8 Å². The summed E-state index contributed by atoms with van der Waals surface area (Å²) in [6.07, 6.45) is 1.43. The van der Waals surface area contributed by atoms with Gasteiger partial charge in [-0.3, -0.25) is 4.79 Å². The van der Waals surface area contributed by atoms with Crippen molar-refractivity contribution in [3.63, 3.8) is 0 Å². The first-order valence-corrected chi connectivity index (χ1v) is 9.69. The molecule has 156 valence electrons. The third-order valence-electron chi connectivity index (χ3n) is 5.92. The third kappa shape index (κ3) is 3.58. The molecule has 0 aliphatic heterocycles. The van der Waals surface area contributed by atoms with Crippen LogP contribution in [0.25, 0.3) is 11.4 Å². The Morgan fingerprint density at radius 1 is 1.23 bits per heavy atom. The number of carbonyl (C=O) groups excluding carboxylic acids is 1. The molecule has 30 heavy (non-hydrogen) atoms. The largest absolute Gasteiger partial charge is 0.495 e. The van der Waals surface area contributed by atoms with E-state index in [1.165, 1.54) is 12.1 Å². The fraction of sp³-hybridized carbons (Fsp3) is 0.333. The molecule has 0 radical (unpaired) electrons. The highest BCUT2D eigenvalue weighted by atomic mass is 19.1. The summed E-state index contributed by atoms with van der Waals surface area (Å²) in [6.45, 7) is 0. The number of carbonyl (C=O) groups is 1. The van der Waals surface area contributed by atoms with E-state index in [0.29, 0.717) is 18.0 Å². The van der Waals surface area contributed by atoms with Crippen LogP contribution in [0.5, 0.6) is 5.75 Å². The van der Waals surface area contributed by atoms with Crippen molar-refractivity contribution in [3.8, 4) is 17.1 Å². The molecule has 0 unspecified atom stereocenters. The van der Waals surface area contributed by atoms with Crippen LogP contribution in [0.2, 0.25) is 0 Å². The van der Waals surface area contributed by atoms with E-state index in [1.807, 2.05) is 25.2 Å². The molecule has 2 aromatic carbocycles. The van der Waals surface area contributed by atoms with Gasteiger partial charge in [-0.25, -0.2) is 9.49 Å². The Balaban J connectivity index is 1.73. The minimum atomic E-state index is -0.339. The lowest BCUT2D eigenvalue weighted by Gasteiger charge is -2.34. The SMILES string of the molecule is COc1ccc(-c2nnn[nH]2)cc1N(C)[C@H]1CC[C@@H](C(N)=O)[C@@H]1c1ccc(F)cc1. The molecule has 0 spiro atoms. The van der Waals surface area contributed by atoms with Crippen LogP contribution in [0.15, 0.2) is 42.5 Å². The van der Waals surface area contributed by atoms with Gasteiger partial charge in [0.05, 0.1) is 12.8 Å². The van der Waals surface area contributed by atoms with Gasteiger partial charge in [-0.1, -0.05) is 12.1 Å². The molecule has 0 saturated heterocycles. The number of aromatic amines is 1. The first-order valence-electron chi connectivity index (χ1n) is 9.69. The second-order valence-electron chi connectivity index (χ2n) is 7.48. The van der Waals surface area contributed by atoms with Gasteiger partial charge in [-0.2, -0.15) is 0 Å². The first-order chi connectivity index (χ1) is 14.5. The van der Waals surface area contributed by atoms with Gasteiger partial charge < -0.3 is 15.4 Å². The number of hydrogen-bond acceptors (Lipinski definition) is 6. The van der Waals surface area contributed by atoms with Gasteiger partial charge >= 0.3 is 0 Å². The molecule has 1 aromatic heterocycles. The van der Waals surface area contributed by atoms with Crippen LogP contribution in [-0.2, 0) is 4.79 Å². The number of rotatable bonds is 6. The number of methoxy groups -OCH3 is 1. The number of hydrogen-bond donors (Lipinski definition) is 2. The molecule has 1 amide bonds. The highest BCUT2D eigenvalue weighted by molar-refractivity contribution is 5.79. The van der Waals surface area contributed by atoms with Crippen molar-refractivity contribution in [1.82, 2.24) is 20.6 Å². The summed E-state index contributed by atoms with van der Waals surface area (Å²) in [5, 5.41) is 14.0. The summed E-state index contributed by atoms with van der Waals surface area (Å²) in [5.74, 6) is 0.0999. The summed E-state index contributed by atoms with van der Waals surface area (Å²) in [7, 11) is 3.57. The van der Waals surface area contributed by atoms with Gasteiger partial charge in [0.25, 0.3) is 0 Å². The van der Waals surface area contributed by atoms with Gasteiger partial charge in [0, 0.05) is 30.5 Å². The predicted molar refractivity (Wildman–Crippen MR) is 109 cm³/mol. The van der Waals surface area contributed by atoms with E-state index >= 15 is 0 Å². The second kappa shape index (κ2) is 8.10. The van der Waals surface area contributed by atoms with E-state index in [1.54, 1.807) is 19.2 Å². The maximum Gasteiger partial charge on any atom is 0.221 e. The molecule has 3 aromatic rings. The van der Waals surface area contributed by atoms with Crippen LogP contribution < -0.4 is 15.4 Å². The topological polar surface area (TPSA) is 110 Å². The lowest BCUT2D eigenvalue weighted by atomic mass is 9.85. The number of H-pyrrole nitrogens is 1. The number of benzene rings is 2. The average Bonchev–Trinajstić information content (AvgIpc) is 3.43. The summed E-state index contributed by atoms with van der Waals surface area (Å²) in [5.41, 5.74) is 8.26. The summed E-state index contributed by atoms with van der Waals surface area (Å²) >= 11 is 0. The molecule has 9 heteroatoms. The molecule has 1 heterocycles. The first kappa shape index (κ1) is 19.8. The number of nitrogens with one attached hydrogen (secondary N) is 1. The second-order valence-corrected chi connectivity index (χ2v) is 7.48. The zero-order valence-corrected chi connectivity index (χ0v) is 16.7. The van der Waals surface area contributed by atoms with E-state index in [4.69, 9.17) is 10.5 Å². The van der Waals surface area contributed by atoms with E-state index in [2.05, 4.69) is 25.5 Å². The van der Waals surface area contributed by atoms with Crippen LogP contribution in [0.3, 0.4) is 0 Å². The quantitative estimate of drug-likeness (QED) is 0.646. The minimum Gasteiger partial charge on any atom is -0.495 e. The van der Waals surface area contributed by atoms with Crippen molar-refractivity contribution >= 4 is 11.6 Å². The molecule has 1 saturated carbocycles. The minimum absolute atomic E-state index is 0.0232. The molecule has 3 atom stereocenters. The Morgan fingerprint density at radius 2 is 2.00 bits per heavy atom. The highest BCUT2D eigenvalue weighted by Crippen LogP contribution is 2.45. The van der Waals surface area contributed by atoms with Crippen LogP contribution >= 0.6 is 0 Å². The molecule has 1 fully saturated rings. The standard InChI is InChI=1S/C21H23FN6O2/c1-28(17-11-13(5-10-18(17)30-2)21-24-26-27-25-21)16-9-8-15(20(23)29)19(16)12-3-6-14(22)7-4-12/h3-7,10-11,15-16,19H,8-9H2,1-2H3,(H2,23,29)(H,24,25,26,27)/t15-,16+,19+/m1/s1. The zero-order chi connectivity index (χ0) is 21.3. The fourth-order valence-electron chi connectivity index (χ4n) is 4.44. The Hall–Kier alpha value is -3.49. The van der Waals surface area contributed by atoms with Crippen LogP contribution in [0.4, 0.5) is 10.1 Å². The van der Waals surface area contributed by atoms with Crippen LogP contribution in [-0.4, -0.2) is 46.7 Å². The van der Waals surface area contributed by atoms with Gasteiger partial charge in [0.1, 0.15) is 11.6 Å². The average molecular weight is 410 g/mol.